The van der Waals surface area contributed by atoms with E-state index in [0.29, 0.717) is 24.6 Å². The molecule has 0 saturated heterocycles. The van der Waals surface area contributed by atoms with Crippen molar-refractivity contribution in [3.8, 4) is 0 Å². The number of aromatic nitrogens is 3. The third kappa shape index (κ3) is 4.22. The summed E-state index contributed by atoms with van der Waals surface area (Å²) in [7, 11) is 0. The van der Waals surface area contributed by atoms with E-state index in [9.17, 15) is 4.79 Å². The van der Waals surface area contributed by atoms with Gasteiger partial charge < -0.3 is 10.2 Å². The summed E-state index contributed by atoms with van der Waals surface area (Å²) >= 11 is 0. The zero-order chi connectivity index (χ0) is 18.4. The maximum atomic E-state index is 12.9. The Morgan fingerprint density at radius 1 is 1.15 bits per heavy atom. The predicted octanol–water partition coefficient (Wildman–Crippen LogP) is 3.46. The van der Waals surface area contributed by atoms with Crippen molar-refractivity contribution in [1.29, 1.82) is 0 Å². The fraction of sp³-hybridized carbons (Fsp3) is 0.200. The van der Waals surface area contributed by atoms with E-state index in [2.05, 4.69) is 20.3 Å². The Morgan fingerprint density at radius 2 is 2.04 bits per heavy atom. The van der Waals surface area contributed by atoms with Crippen LogP contribution in [0.5, 0.6) is 0 Å². The zero-order valence-corrected chi connectivity index (χ0v) is 14.9. The minimum Gasteiger partial charge on any atom is -0.366 e. The van der Waals surface area contributed by atoms with Gasteiger partial charge in [-0.2, -0.15) is 0 Å². The van der Waals surface area contributed by atoms with Gasteiger partial charge in [-0.15, -0.1) is 0 Å². The van der Waals surface area contributed by atoms with Gasteiger partial charge in [0, 0.05) is 37.2 Å². The van der Waals surface area contributed by atoms with Crippen molar-refractivity contribution in [1.82, 2.24) is 15.0 Å². The average molecular weight is 347 g/mol. The summed E-state index contributed by atoms with van der Waals surface area (Å²) in [6, 6.07) is 13.4. The lowest BCUT2D eigenvalue weighted by Crippen LogP contribution is -2.31. The standard InChI is InChI=1S/C20H21N5O/c1-3-25(17-8-4-6-15(2)10-17)20(26)18-11-19(24-14-23-18)22-13-16-7-5-9-21-12-16/h4-12,14H,3,13H2,1-2H3,(H,22,23,24). The van der Waals surface area contributed by atoms with E-state index in [4.69, 9.17) is 0 Å². The van der Waals surface area contributed by atoms with Crippen LogP contribution in [0.2, 0.25) is 0 Å². The predicted molar refractivity (Wildman–Crippen MR) is 102 cm³/mol. The van der Waals surface area contributed by atoms with E-state index in [0.717, 1.165) is 16.8 Å². The number of pyridine rings is 1. The first kappa shape index (κ1) is 17.5. The Labute approximate surface area is 153 Å². The lowest BCUT2D eigenvalue weighted by molar-refractivity contribution is 0.0983. The smallest absolute Gasteiger partial charge is 0.277 e. The Bertz CT molecular complexity index is 882. The fourth-order valence-electron chi connectivity index (χ4n) is 2.64. The number of nitrogens with zero attached hydrogens (tertiary/aromatic N) is 4. The summed E-state index contributed by atoms with van der Waals surface area (Å²) in [5.41, 5.74) is 3.36. The normalized spacial score (nSPS) is 10.4. The highest BCUT2D eigenvalue weighted by Gasteiger charge is 2.18. The van der Waals surface area contributed by atoms with Gasteiger partial charge in [-0.25, -0.2) is 9.97 Å². The Hall–Kier alpha value is -3.28. The number of carbonyl (C=O) groups excluding carboxylic acids is 1. The van der Waals surface area contributed by atoms with Gasteiger partial charge in [0.2, 0.25) is 0 Å². The molecule has 0 radical (unpaired) electrons. The number of hydrogen-bond donors (Lipinski definition) is 1. The molecule has 0 aliphatic heterocycles. The van der Waals surface area contributed by atoms with E-state index in [-0.39, 0.29) is 5.91 Å². The first-order chi connectivity index (χ1) is 12.7. The highest BCUT2D eigenvalue weighted by atomic mass is 16.2. The van der Waals surface area contributed by atoms with Gasteiger partial charge in [-0.05, 0) is 43.2 Å². The molecule has 26 heavy (non-hydrogen) atoms. The lowest BCUT2D eigenvalue weighted by atomic mass is 10.2. The fourth-order valence-corrected chi connectivity index (χ4v) is 2.64. The molecule has 1 amide bonds. The highest BCUT2D eigenvalue weighted by molar-refractivity contribution is 6.05. The number of nitrogens with one attached hydrogen (secondary N) is 1. The Kier molecular flexibility index (Phi) is 5.53. The molecule has 3 rings (SSSR count). The summed E-state index contributed by atoms with van der Waals surface area (Å²) in [5, 5.41) is 3.20. The summed E-state index contributed by atoms with van der Waals surface area (Å²) in [5.74, 6) is 0.456. The van der Waals surface area contributed by atoms with Gasteiger partial charge in [0.1, 0.15) is 17.8 Å². The topological polar surface area (TPSA) is 71.0 Å². The molecule has 2 heterocycles. The molecule has 0 saturated carbocycles. The number of aryl methyl sites for hydroxylation is 1. The van der Waals surface area contributed by atoms with Crippen molar-refractivity contribution in [2.75, 3.05) is 16.8 Å². The second-order valence-corrected chi connectivity index (χ2v) is 5.89. The van der Waals surface area contributed by atoms with Crippen LogP contribution in [0.3, 0.4) is 0 Å². The molecule has 2 aromatic heterocycles. The van der Waals surface area contributed by atoms with Gasteiger partial charge in [0.15, 0.2) is 0 Å². The monoisotopic (exact) mass is 347 g/mol. The number of benzene rings is 1. The zero-order valence-electron chi connectivity index (χ0n) is 14.9. The van der Waals surface area contributed by atoms with Gasteiger partial charge >= 0.3 is 0 Å². The molecule has 1 N–H and O–H groups in total. The van der Waals surface area contributed by atoms with E-state index >= 15 is 0 Å². The quantitative estimate of drug-likeness (QED) is 0.739. The SMILES string of the molecule is CCN(C(=O)c1cc(NCc2cccnc2)ncn1)c1cccc(C)c1. The third-order valence-electron chi connectivity index (χ3n) is 3.96. The molecule has 3 aromatic rings. The van der Waals surface area contributed by atoms with Gasteiger partial charge in [-0.3, -0.25) is 9.78 Å². The molecule has 0 bridgehead atoms. The number of rotatable bonds is 6. The van der Waals surface area contributed by atoms with Crippen molar-refractivity contribution in [2.45, 2.75) is 20.4 Å². The molecular formula is C20H21N5O. The van der Waals surface area contributed by atoms with Crippen LogP contribution in [0, 0.1) is 6.92 Å². The molecule has 1 aromatic carbocycles. The second kappa shape index (κ2) is 8.20. The van der Waals surface area contributed by atoms with Gasteiger partial charge in [-0.1, -0.05) is 18.2 Å². The van der Waals surface area contributed by atoms with Crippen molar-refractivity contribution in [2.24, 2.45) is 0 Å². The van der Waals surface area contributed by atoms with Crippen LogP contribution < -0.4 is 10.2 Å². The number of amides is 1. The van der Waals surface area contributed by atoms with E-state index in [1.807, 2.05) is 50.2 Å². The summed E-state index contributed by atoms with van der Waals surface area (Å²) in [4.78, 5) is 27.1. The molecule has 0 fully saturated rings. The molecule has 0 unspecified atom stereocenters. The summed E-state index contributed by atoms with van der Waals surface area (Å²) in [6.07, 6.45) is 4.93. The van der Waals surface area contributed by atoms with Gasteiger partial charge in [0.25, 0.3) is 5.91 Å². The van der Waals surface area contributed by atoms with Gasteiger partial charge in [0.05, 0.1) is 0 Å². The largest absolute Gasteiger partial charge is 0.366 e. The first-order valence-corrected chi connectivity index (χ1v) is 8.50. The van der Waals surface area contributed by atoms with Crippen molar-refractivity contribution in [3.63, 3.8) is 0 Å². The minimum absolute atomic E-state index is 0.148. The van der Waals surface area contributed by atoms with Crippen LogP contribution >= 0.6 is 0 Å². The molecule has 0 atom stereocenters. The molecule has 132 valence electrons. The second-order valence-electron chi connectivity index (χ2n) is 5.89. The number of anilines is 2. The maximum absolute atomic E-state index is 12.9. The molecule has 0 aliphatic rings. The number of hydrogen-bond acceptors (Lipinski definition) is 5. The van der Waals surface area contributed by atoms with Crippen LogP contribution in [0.15, 0.2) is 61.2 Å². The highest BCUT2D eigenvalue weighted by Crippen LogP contribution is 2.18. The molecule has 0 aliphatic carbocycles. The molecule has 6 heteroatoms. The summed E-state index contributed by atoms with van der Waals surface area (Å²) in [6.45, 7) is 5.09. The summed E-state index contributed by atoms with van der Waals surface area (Å²) < 4.78 is 0. The number of carbonyl (C=O) groups is 1. The average Bonchev–Trinajstić information content (AvgIpc) is 2.68. The van der Waals surface area contributed by atoms with Crippen molar-refractivity contribution in [3.05, 3.63) is 78.0 Å². The van der Waals surface area contributed by atoms with Crippen LogP contribution in [-0.2, 0) is 6.54 Å². The Balaban J connectivity index is 1.76. The molecule has 0 spiro atoms. The van der Waals surface area contributed by atoms with E-state index in [1.54, 1.807) is 23.4 Å². The van der Waals surface area contributed by atoms with Crippen LogP contribution in [0.4, 0.5) is 11.5 Å². The van der Waals surface area contributed by atoms with E-state index < -0.39 is 0 Å². The van der Waals surface area contributed by atoms with E-state index in [1.165, 1.54) is 6.33 Å². The van der Waals surface area contributed by atoms with Crippen LogP contribution in [0.1, 0.15) is 28.5 Å². The first-order valence-electron chi connectivity index (χ1n) is 8.50. The third-order valence-corrected chi connectivity index (χ3v) is 3.96. The lowest BCUT2D eigenvalue weighted by Gasteiger charge is -2.21. The van der Waals surface area contributed by atoms with Crippen LogP contribution in [0.25, 0.3) is 0 Å². The van der Waals surface area contributed by atoms with Crippen molar-refractivity contribution < 1.29 is 4.79 Å². The maximum Gasteiger partial charge on any atom is 0.277 e. The molecular weight excluding hydrogens is 326 g/mol. The minimum atomic E-state index is -0.148. The van der Waals surface area contributed by atoms with Crippen molar-refractivity contribution >= 4 is 17.4 Å². The Morgan fingerprint density at radius 3 is 2.77 bits per heavy atom. The van der Waals surface area contributed by atoms with Crippen LogP contribution in [-0.4, -0.2) is 27.4 Å². The molecule has 6 nitrogen and oxygen atoms in total.